The number of ether oxygens (including phenoxy) is 3. The van der Waals surface area contributed by atoms with Gasteiger partial charge in [0.15, 0.2) is 17.9 Å². The van der Waals surface area contributed by atoms with E-state index in [9.17, 15) is 4.57 Å². The monoisotopic (exact) mass is 511 g/mol. The number of hydrogen-bond donors (Lipinski definition) is 2. The normalized spacial score (nSPS) is 25.1. The molecular weight excluding hydrogens is 485 g/mol. The first-order valence-corrected chi connectivity index (χ1v) is 12.9. The highest BCUT2D eigenvalue weighted by Crippen LogP contribution is 2.51. The smallest absolute Gasteiger partial charge is 0.413 e. The van der Waals surface area contributed by atoms with Crippen LogP contribution in [0.3, 0.4) is 0 Å². The summed E-state index contributed by atoms with van der Waals surface area (Å²) in [6.45, 7) is 3.60. The van der Waals surface area contributed by atoms with Gasteiger partial charge in [0.25, 0.3) is 0 Å². The van der Waals surface area contributed by atoms with Crippen LogP contribution < -0.4 is 14.8 Å². The molecule has 0 spiro atoms. The first-order chi connectivity index (χ1) is 17.2. The minimum atomic E-state index is -3.82. The van der Waals surface area contributed by atoms with Gasteiger partial charge in [0, 0.05) is 0 Å². The third kappa shape index (κ3) is 5.19. The van der Waals surface area contributed by atoms with E-state index >= 15 is 0 Å². The Balaban J connectivity index is 1.43. The first kappa shape index (κ1) is 24.2. The van der Waals surface area contributed by atoms with Crippen molar-refractivity contribution in [3.05, 3.63) is 84.7 Å². The van der Waals surface area contributed by atoms with Crippen LogP contribution >= 0.6 is 7.60 Å². The van der Waals surface area contributed by atoms with Crippen molar-refractivity contribution in [2.45, 2.75) is 44.2 Å². The number of nitrogens with zero attached hydrogens (tertiary/aromatic N) is 3. The largest absolute Gasteiger partial charge is 0.455 e. The van der Waals surface area contributed by atoms with Gasteiger partial charge in [0.2, 0.25) is 5.82 Å². The van der Waals surface area contributed by atoms with Crippen molar-refractivity contribution >= 4 is 13.4 Å². The number of benzene rings is 2. The summed E-state index contributed by atoms with van der Waals surface area (Å²) in [4.78, 5) is 4.04. The summed E-state index contributed by atoms with van der Waals surface area (Å²) in [6, 6.07) is 17.6. The average molecular weight is 511 g/mol. The Morgan fingerprint density at radius 2 is 1.64 bits per heavy atom. The SMILES string of the molecule is CC1(C)OC2C(/C=C/P(=O)(Oc3ccccc3)Oc3ccccc3)OC(n3cnc(C(=N)N)n3)C2O1. The van der Waals surface area contributed by atoms with Crippen LogP contribution in [0.1, 0.15) is 25.9 Å². The summed E-state index contributed by atoms with van der Waals surface area (Å²) in [5, 5.41) is 11.8. The van der Waals surface area contributed by atoms with E-state index in [-0.39, 0.29) is 11.7 Å². The molecule has 0 saturated carbocycles. The Kier molecular flexibility index (Phi) is 6.40. The second-order valence-corrected chi connectivity index (χ2v) is 10.5. The van der Waals surface area contributed by atoms with Gasteiger partial charge in [-0.25, -0.2) is 14.2 Å². The Bertz CT molecular complexity index is 1250. The minimum absolute atomic E-state index is 0.0735. The van der Waals surface area contributed by atoms with Crippen molar-refractivity contribution in [2.24, 2.45) is 5.73 Å². The van der Waals surface area contributed by atoms with E-state index < -0.39 is 37.9 Å². The molecule has 3 N–H and O–H groups in total. The van der Waals surface area contributed by atoms with E-state index in [1.807, 2.05) is 12.1 Å². The molecule has 0 bridgehead atoms. The van der Waals surface area contributed by atoms with Gasteiger partial charge in [0.1, 0.15) is 36.1 Å². The van der Waals surface area contributed by atoms with Gasteiger partial charge in [-0.2, -0.15) is 0 Å². The highest BCUT2D eigenvalue weighted by molar-refractivity contribution is 7.58. The fraction of sp³-hybridized carbons (Fsp3) is 0.292. The number of nitrogens with one attached hydrogen (secondary N) is 1. The van der Waals surface area contributed by atoms with Gasteiger partial charge in [0.05, 0.1) is 5.82 Å². The molecule has 188 valence electrons. The van der Waals surface area contributed by atoms with Crippen LogP contribution in [0.4, 0.5) is 0 Å². The minimum Gasteiger partial charge on any atom is -0.413 e. The molecule has 4 unspecified atom stereocenters. The van der Waals surface area contributed by atoms with Gasteiger partial charge in [-0.15, -0.1) is 5.10 Å². The number of rotatable bonds is 8. The number of nitrogens with two attached hydrogens (primary N) is 1. The summed E-state index contributed by atoms with van der Waals surface area (Å²) < 4.78 is 45.2. The van der Waals surface area contributed by atoms with Crippen molar-refractivity contribution in [1.82, 2.24) is 14.8 Å². The third-order valence-electron chi connectivity index (χ3n) is 5.49. The second-order valence-electron chi connectivity index (χ2n) is 8.71. The maximum atomic E-state index is 13.8. The highest BCUT2D eigenvalue weighted by Gasteiger charge is 2.55. The number of hydrogen-bond acceptors (Lipinski definition) is 9. The molecule has 11 nitrogen and oxygen atoms in total. The molecule has 2 fully saturated rings. The molecule has 2 aliphatic heterocycles. The molecule has 0 amide bonds. The second kappa shape index (κ2) is 9.51. The number of nitrogen functional groups attached to an aromatic ring is 1. The Hall–Kier alpha value is -3.50. The zero-order valence-electron chi connectivity index (χ0n) is 19.6. The Labute approximate surface area is 207 Å². The molecule has 0 radical (unpaired) electrons. The summed E-state index contributed by atoms with van der Waals surface area (Å²) >= 11 is 0. The first-order valence-electron chi connectivity index (χ1n) is 11.3. The van der Waals surface area contributed by atoms with Gasteiger partial charge < -0.3 is 29.0 Å². The summed E-state index contributed by atoms with van der Waals surface area (Å²) in [6.07, 6.45) is 0.558. The molecule has 4 atom stereocenters. The van der Waals surface area contributed by atoms with Crippen LogP contribution in [0.15, 0.2) is 78.9 Å². The van der Waals surface area contributed by atoms with Crippen LogP contribution in [0.2, 0.25) is 0 Å². The van der Waals surface area contributed by atoms with Crippen molar-refractivity contribution in [3.63, 3.8) is 0 Å². The third-order valence-corrected chi connectivity index (χ3v) is 6.95. The van der Waals surface area contributed by atoms with E-state index in [0.717, 1.165) is 0 Å². The standard InChI is InChI=1S/C24H26N5O6P/c1-24(2)32-19-18(31-23(20(19)33-24)29-15-27-22(28-29)21(25)26)13-14-36(30,34-16-9-5-3-6-10-16)35-17-11-7-4-8-12-17/h3-15,18-20,23H,1-2H3,(H3,25,26)/b14-13+. The lowest BCUT2D eigenvalue weighted by Crippen LogP contribution is -2.28. The molecular formula is C24H26N5O6P. The molecule has 12 heteroatoms. The fourth-order valence-corrected chi connectivity index (χ4v) is 5.39. The van der Waals surface area contributed by atoms with Gasteiger partial charge in [-0.1, -0.05) is 36.4 Å². The quantitative estimate of drug-likeness (QED) is 0.262. The molecule has 3 heterocycles. The predicted molar refractivity (Wildman–Crippen MR) is 130 cm³/mol. The summed E-state index contributed by atoms with van der Waals surface area (Å²) in [5.41, 5.74) is 5.50. The number of aromatic nitrogens is 3. The Morgan fingerprint density at radius 3 is 2.19 bits per heavy atom. The van der Waals surface area contributed by atoms with Crippen molar-refractivity contribution in [3.8, 4) is 11.5 Å². The van der Waals surface area contributed by atoms with Crippen molar-refractivity contribution in [1.29, 1.82) is 5.41 Å². The van der Waals surface area contributed by atoms with Gasteiger partial charge >= 0.3 is 7.60 Å². The van der Waals surface area contributed by atoms with E-state index in [1.54, 1.807) is 68.5 Å². The van der Waals surface area contributed by atoms with Gasteiger partial charge in [-0.3, -0.25) is 5.41 Å². The van der Waals surface area contributed by atoms with E-state index in [1.165, 1.54) is 16.8 Å². The zero-order valence-corrected chi connectivity index (χ0v) is 20.5. The van der Waals surface area contributed by atoms with Crippen LogP contribution in [-0.4, -0.2) is 44.7 Å². The fourth-order valence-electron chi connectivity index (χ4n) is 4.02. The lowest BCUT2D eigenvalue weighted by molar-refractivity contribution is -0.192. The number of amidine groups is 1. The molecule has 2 aliphatic rings. The molecule has 36 heavy (non-hydrogen) atoms. The van der Waals surface area contributed by atoms with E-state index in [0.29, 0.717) is 11.5 Å². The summed E-state index contributed by atoms with van der Waals surface area (Å²) in [7, 11) is -3.82. The number of para-hydroxylation sites is 2. The van der Waals surface area contributed by atoms with Crippen molar-refractivity contribution < 1.29 is 27.8 Å². The zero-order chi connectivity index (χ0) is 25.3. The molecule has 1 aromatic heterocycles. The molecule has 2 saturated heterocycles. The lowest BCUT2D eigenvalue weighted by atomic mass is 10.1. The van der Waals surface area contributed by atoms with Crippen molar-refractivity contribution in [2.75, 3.05) is 0 Å². The molecule has 5 rings (SSSR count). The summed E-state index contributed by atoms with van der Waals surface area (Å²) in [5.74, 6) is 1.09. The maximum absolute atomic E-state index is 13.8. The molecule has 3 aromatic rings. The van der Waals surface area contributed by atoms with Crippen LogP contribution in [-0.2, 0) is 18.8 Å². The van der Waals surface area contributed by atoms with Crippen LogP contribution in [0, 0.1) is 5.41 Å². The predicted octanol–water partition coefficient (Wildman–Crippen LogP) is 3.84. The Morgan fingerprint density at radius 1 is 1.06 bits per heavy atom. The van der Waals surface area contributed by atoms with Crippen LogP contribution in [0.25, 0.3) is 0 Å². The topological polar surface area (TPSA) is 144 Å². The number of fused-ring (bicyclic) bond motifs is 1. The highest BCUT2D eigenvalue weighted by atomic mass is 31.2. The lowest BCUT2D eigenvalue weighted by Gasteiger charge is -2.23. The van der Waals surface area contributed by atoms with Crippen LogP contribution in [0.5, 0.6) is 11.5 Å². The molecule has 0 aliphatic carbocycles. The average Bonchev–Trinajstić information content (AvgIpc) is 3.52. The van der Waals surface area contributed by atoms with E-state index in [2.05, 4.69) is 10.1 Å². The van der Waals surface area contributed by atoms with E-state index in [4.69, 9.17) is 34.4 Å². The maximum Gasteiger partial charge on any atom is 0.455 e. The van der Waals surface area contributed by atoms with Gasteiger partial charge in [-0.05, 0) is 44.2 Å². The molecule has 2 aromatic carbocycles.